The van der Waals surface area contributed by atoms with E-state index in [1.165, 1.54) is 6.26 Å². The van der Waals surface area contributed by atoms with Crippen LogP contribution in [0.3, 0.4) is 0 Å². The summed E-state index contributed by atoms with van der Waals surface area (Å²) in [6, 6.07) is 0. The maximum absolute atomic E-state index is 11.0. The van der Waals surface area contributed by atoms with E-state index in [9.17, 15) is 4.79 Å². The third-order valence-corrected chi connectivity index (χ3v) is 1.31. The highest BCUT2D eigenvalue weighted by molar-refractivity contribution is 5.87. The Morgan fingerprint density at radius 1 is 1.50 bits per heavy atom. The first-order valence-corrected chi connectivity index (χ1v) is 3.75. The third kappa shape index (κ3) is 4.55. The van der Waals surface area contributed by atoms with Gasteiger partial charge in [0.15, 0.2) is 0 Å². The van der Waals surface area contributed by atoms with Crippen molar-refractivity contribution in [2.45, 2.75) is 13.8 Å². The lowest BCUT2D eigenvalue weighted by molar-refractivity contribution is -0.139. The Kier molecular flexibility index (Phi) is 5.79. The number of rotatable bonds is 5. The van der Waals surface area contributed by atoms with E-state index in [-0.39, 0.29) is 12.6 Å². The van der Waals surface area contributed by atoms with E-state index >= 15 is 0 Å². The molecule has 0 aliphatic heterocycles. The number of ether oxygens (including phenoxy) is 2. The van der Waals surface area contributed by atoms with E-state index in [4.69, 9.17) is 9.47 Å². The van der Waals surface area contributed by atoms with Crippen LogP contribution in [0.1, 0.15) is 13.8 Å². The molecule has 0 amide bonds. The smallest absolute Gasteiger partial charge is 0.333 e. The number of hydrogen-bond acceptors (Lipinski definition) is 3. The lowest BCUT2D eigenvalue weighted by Gasteiger charge is -2.03. The molecular formula is C9H14O3. The molecule has 0 aliphatic carbocycles. The molecule has 0 fully saturated rings. The maximum Gasteiger partial charge on any atom is 0.333 e. The van der Waals surface area contributed by atoms with Crippen molar-refractivity contribution >= 4 is 5.97 Å². The zero-order chi connectivity index (χ0) is 9.40. The molecule has 68 valence electrons. The Morgan fingerprint density at radius 2 is 2.17 bits per heavy atom. The summed E-state index contributed by atoms with van der Waals surface area (Å²) in [6.45, 7) is 7.46. The van der Waals surface area contributed by atoms with Gasteiger partial charge in [0, 0.05) is 5.57 Å². The van der Waals surface area contributed by atoms with Gasteiger partial charge in [-0.05, 0) is 13.8 Å². The van der Waals surface area contributed by atoms with Crippen LogP contribution in [0.15, 0.2) is 24.5 Å². The van der Waals surface area contributed by atoms with Gasteiger partial charge in [-0.25, -0.2) is 4.79 Å². The number of allylic oxidation sites excluding steroid dienone is 1. The van der Waals surface area contributed by atoms with Crippen LogP contribution in [0.25, 0.3) is 0 Å². The van der Waals surface area contributed by atoms with Gasteiger partial charge < -0.3 is 9.47 Å². The van der Waals surface area contributed by atoms with Crippen molar-refractivity contribution < 1.29 is 14.3 Å². The largest absolute Gasteiger partial charge is 0.498 e. The molecule has 0 N–H and O–H groups in total. The summed E-state index contributed by atoms with van der Waals surface area (Å²) < 4.78 is 9.58. The van der Waals surface area contributed by atoms with Gasteiger partial charge in [0.2, 0.25) is 0 Å². The van der Waals surface area contributed by atoms with Crippen molar-refractivity contribution in [2.75, 3.05) is 13.2 Å². The third-order valence-electron chi connectivity index (χ3n) is 1.31. The van der Waals surface area contributed by atoms with E-state index in [2.05, 4.69) is 6.58 Å². The van der Waals surface area contributed by atoms with Crippen LogP contribution in [0.4, 0.5) is 0 Å². The second-order valence-electron chi connectivity index (χ2n) is 2.15. The number of hydrogen-bond donors (Lipinski definition) is 0. The summed E-state index contributed by atoms with van der Waals surface area (Å²) in [5, 5.41) is 0. The Labute approximate surface area is 72.7 Å². The molecule has 0 heterocycles. The normalized spacial score (nSPS) is 10.7. The highest BCUT2D eigenvalue weighted by Crippen LogP contribution is 1.95. The first kappa shape index (κ1) is 10.8. The summed E-state index contributed by atoms with van der Waals surface area (Å²) in [7, 11) is 0. The van der Waals surface area contributed by atoms with Gasteiger partial charge in [-0.15, -0.1) is 0 Å². The van der Waals surface area contributed by atoms with Crippen LogP contribution >= 0.6 is 0 Å². The molecule has 0 bridgehead atoms. The van der Waals surface area contributed by atoms with Gasteiger partial charge in [0.05, 0.1) is 6.26 Å². The van der Waals surface area contributed by atoms with Gasteiger partial charge in [-0.2, -0.15) is 0 Å². The van der Waals surface area contributed by atoms with Crippen LogP contribution in [0.2, 0.25) is 0 Å². The molecule has 0 radical (unpaired) electrons. The fraction of sp³-hybridized carbons (Fsp3) is 0.444. The molecule has 0 saturated heterocycles. The monoisotopic (exact) mass is 170 g/mol. The first-order valence-electron chi connectivity index (χ1n) is 3.75. The Hall–Kier alpha value is -1.25. The molecule has 0 aromatic rings. The summed E-state index contributed by atoms with van der Waals surface area (Å²) in [6.07, 6.45) is 3.02. The van der Waals surface area contributed by atoms with Gasteiger partial charge in [-0.1, -0.05) is 12.7 Å². The van der Waals surface area contributed by atoms with Crippen molar-refractivity contribution in [1.29, 1.82) is 0 Å². The van der Waals surface area contributed by atoms with Gasteiger partial charge >= 0.3 is 5.97 Å². The average Bonchev–Trinajstić information content (AvgIpc) is 2.10. The fourth-order valence-electron chi connectivity index (χ4n) is 0.497. The second kappa shape index (κ2) is 6.46. The number of carbonyl (C=O) groups is 1. The minimum absolute atomic E-state index is 0.260. The standard InChI is InChI=1S/C9H14O3/c1-4-8(3)9(10)12-7-6-11-5-2/h4-5H,2,6-7H2,1,3H3. The fourth-order valence-corrected chi connectivity index (χ4v) is 0.497. The molecule has 0 rings (SSSR count). The van der Waals surface area contributed by atoms with Crippen LogP contribution in [0.5, 0.6) is 0 Å². The van der Waals surface area contributed by atoms with E-state index in [0.717, 1.165) is 0 Å². The Bertz CT molecular complexity index is 182. The molecule has 0 unspecified atom stereocenters. The molecule has 0 atom stereocenters. The summed E-state index contributed by atoms with van der Waals surface area (Å²) in [5.41, 5.74) is 0.605. The molecule has 0 aliphatic rings. The van der Waals surface area contributed by atoms with E-state index in [1.807, 2.05) is 0 Å². The van der Waals surface area contributed by atoms with Gasteiger partial charge in [0.25, 0.3) is 0 Å². The van der Waals surface area contributed by atoms with E-state index in [1.54, 1.807) is 19.9 Å². The molecule has 12 heavy (non-hydrogen) atoms. The van der Waals surface area contributed by atoms with Crippen molar-refractivity contribution in [3.05, 3.63) is 24.5 Å². The number of carbonyl (C=O) groups excluding carboxylic acids is 1. The quantitative estimate of drug-likeness (QED) is 0.272. The summed E-state index contributed by atoms with van der Waals surface area (Å²) in [5.74, 6) is -0.301. The Balaban J connectivity index is 3.51. The predicted octanol–water partition coefficient (Wildman–Crippen LogP) is 1.66. The van der Waals surface area contributed by atoms with Crippen molar-refractivity contribution in [1.82, 2.24) is 0 Å². The molecule has 0 saturated carbocycles. The number of esters is 1. The summed E-state index contributed by atoms with van der Waals surface area (Å²) in [4.78, 5) is 11.0. The molecular weight excluding hydrogens is 156 g/mol. The minimum Gasteiger partial charge on any atom is -0.498 e. The minimum atomic E-state index is -0.301. The molecule has 3 heteroatoms. The topological polar surface area (TPSA) is 35.5 Å². The predicted molar refractivity (Wildman–Crippen MR) is 46.5 cm³/mol. The molecule has 3 nitrogen and oxygen atoms in total. The van der Waals surface area contributed by atoms with Crippen LogP contribution in [0, 0.1) is 0 Å². The zero-order valence-electron chi connectivity index (χ0n) is 7.50. The molecule has 0 aromatic heterocycles. The molecule has 0 aromatic carbocycles. The van der Waals surface area contributed by atoms with Crippen molar-refractivity contribution in [2.24, 2.45) is 0 Å². The van der Waals surface area contributed by atoms with Crippen LogP contribution in [-0.2, 0) is 14.3 Å². The lowest BCUT2D eigenvalue weighted by atomic mass is 10.3. The van der Waals surface area contributed by atoms with Crippen molar-refractivity contribution in [3.63, 3.8) is 0 Å². The molecule has 0 spiro atoms. The highest BCUT2D eigenvalue weighted by Gasteiger charge is 2.02. The maximum atomic E-state index is 11.0. The highest BCUT2D eigenvalue weighted by atomic mass is 16.6. The summed E-state index contributed by atoms with van der Waals surface area (Å²) >= 11 is 0. The van der Waals surface area contributed by atoms with Gasteiger partial charge in [0.1, 0.15) is 13.2 Å². The van der Waals surface area contributed by atoms with E-state index < -0.39 is 0 Å². The van der Waals surface area contributed by atoms with Crippen LogP contribution in [-0.4, -0.2) is 19.2 Å². The van der Waals surface area contributed by atoms with Crippen LogP contribution < -0.4 is 0 Å². The van der Waals surface area contributed by atoms with E-state index in [0.29, 0.717) is 12.2 Å². The lowest BCUT2D eigenvalue weighted by Crippen LogP contribution is -2.09. The zero-order valence-corrected chi connectivity index (χ0v) is 7.50. The van der Waals surface area contributed by atoms with Gasteiger partial charge in [-0.3, -0.25) is 0 Å². The Morgan fingerprint density at radius 3 is 2.67 bits per heavy atom. The average molecular weight is 170 g/mol. The van der Waals surface area contributed by atoms with Crippen molar-refractivity contribution in [3.8, 4) is 0 Å². The first-order chi connectivity index (χ1) is 5.72. The SMILES string of the molecule is C=COCCOC(=O)C(C)=CC. The second-order valence-corrected chi connectivity index (χ2v) is 2.15.